The predicted molar refractivity (Wildman–Crippen MR) is 175 cm³/mol. The molecule has 2 bridgehead atoms. The second kappa shape index (κ2) is 12.4. The quantitative estimate of drug-likeness (QED) is 0.288. The van der Waals surface area contributed by atoms with Crippen LogP contribution in [0.4, 0.5) is 14.6 Å². The molecule has 2 atom stereocenters. The number of rotatable bonds is 3. The van der Waals surface area contributed by atoms with E-state index in [0.717, 1.165) is 12.0 Å². The molecule has 1 fully saturated rings. The van der Waals surface area contributed by atoms with E-state index in [-0.39, 0.29) is 46.6 Å². The molecule has 0 saturated carbocycles. The van der Waals surface area contributed by atoms with E-state index in [1.807, 2.05) is 45.7 Å². The van der Waals surface area contributed by atoms with E-state index in [2.05, 4.69) is 21.4 Å². The molecule has 3 aromatic heterocycles. The van der Waals surface area contributed by atoms with Crippen LogP contribution in [0, 0.1) is 11.6 Å². The average molecular weight is 628 g/mol. The fourth-order valence-electron chi connectivity index (χ4n) is 6.82. The number of aryl methyl sites for hydroxylation is 1. The number of aromatic nitrogens is 4. The van der Waals surface area contributed by atoms with Crippen molar-refractivity contribution in [3.63, 3.8) is 0 Å². The van der Waals surface area contributed by atoms with Gasteiger partial charge in [-0.1, -0.05) is 32.6 Å². The maximum Gasteiger partial charge on any atom is 0.355 e. The molecule has 1 aromatic carbocycles. The van der Waals surface area contributed by atoms with Gasteiger partial charge in [0.25, 0.3) is 0 Å². The lowest BCUT2D eigenvalue weighted by Crippen LogP contribution is -2.58. The number of carbonyl (C=O) groups is 1. The Morgan fingerprint density at radius 3 is 2.59 bits per heavy atom. The standard InChI is InChI=1S/C35H39F2N7O2/c1-7-28(45)42-17-22(5)43(18-21(42)4)33-25-16-27(37)31-29-24(10-8-12-26(29)36)19-41(6)15-9-11-23-13-14-38-30(20(2)3)32(23)44(34(25)39-31)35(46)40-33/h7-8,10,12-14,16,20-22H,1,9,11,15,17-19H2,2-6H3/t21-,22+/m1/s1. The highest BCUT2D eigenvalue weighted by atomic mass is 19.1. The number of nitrogens with zero attached hydrogens (tertiary/aromatic N) is 7. The Morgan fingerprint density at radius 2 is 1.85 bits per heavy atom. The molecule has 2 aliphatic rings. The van der Waals surface area contributed by atoms with Gasteiger partial charge in [0.1, 0.15) is 23.1 Å². The minimum atomic E-state index is -0.721. The molecule has 0 spiro atoms. The van der Waals surface area contributed by atoms with Crippen molar-refractivity contribution in [2.24, 2.45) is 0 Å². The van der Waals surface area contributed by atoms with Crippen LogP contribution in [0.25, 0.3) is 28.0 Å². The van der Waals surface area contributed by atoms with E-state index in [1.165, 1.54) is 22.8 Å². The van der Waals surface area contributed by atoms with Gasteiger partial charge in [-0.3, -0.25) is 9.78 Å². The Bertz CT molecular complexity index is 1910. The minimum absolute atomic E-state index is 0.0515. The van der Waals surface area contributed by atoms with Crippen LogP contribution in [0.1, 0.15) is 56.9 Å². The van der Waals surface area contributed by atoms with Crippen LogP contribution in [0.3, 0.4) is 0 Å². The molecule has 9 nitrogen and oxygen atoms in total. The van der Waals surface area contributed by atoms with Gasteiger partial charge >= 0.3 is 5.69 Å². The number of pyridine rings is 2. The van der Waals surface area contributed by atoms with E-state index in [1.54, 1.807) is 23.2 Å². The summed E-state index contributed by atoms with van der Waals surface area (Å²) in [5, 5.41) is 0.317. The summed E-state index contributed by atoms with van der Waals surface area (Å²) in [6.45, 7) is 13.3. The zero-order chi connectivity index (χ0) is 32.9. The highest BCUT2D eigenvalue weighted by Gasteiger charge is 2.34. The summed E-state index contributed by atoms with van der Waals surface area (Å²) in [6.07, 6.45) is 4.46. The van der Waals surface area contributed by atoms with Crippen LogP contribution in [0.15, 0.2) is 54.0 Å². The van der Waals surface area contributed by atoms with Crippen LogP contribution < -0.4 is 10.6 Å². The van der Waals surface area contributed by atoms with Gasteiger partial charge in [0.2, 0.25) is 5.91 Å². The molecular formula is C35H39F2N7O2. The molecule has 0 aliphatic carbocycles. The van der Waals surface area contributed by atoms with Crippen LogP contribution in [0.2, 0.25) is 0 Å². The van der Waals surface area contributed by atoms with Crippen LogP contribution in [-0.2, 0) is 17.8 Å². The summed E-state index contributed by atoms with van der Waals surface area (Å²) >= 11 is 0. The molecule has 46 heavy (non-hydrogen) atoms. The second-order valence-corrected chi connectivity index (χ2v) is 12.8. The van der Waals surface area contributed by atoms with Crippen molar-refractivity contribution in [2.75, 3.05) is 31.6 Å². The third-order valence-corrected chi connectivity index (χ3v) is 9.09. The summed E-state index contributed by atoms with van der Waals surface area (Å²) in [4.78, 5) is 46.7. The zero-order valence-corrected chi connectivity index (χ0v) is 26.9. The number of amides is 1. The summed E-state index contributed by atoms with van der Waals surface area (Å²) in [7, 11) is 1.95. The molecule has 11 heteroatoms. The predicted octanol–water partition coefficient (Wildman–Crippen LogP) is 5.23. The van der Waals surface area contributed by atoms with Crippen molar-refractivity contribution in [3.05, 3.63) is 88.1 Å². The Labute approximate surface area is 267 Å². The van der Waals surface area contributed by atoms with E-state index < -0.39 is 17.3 Å². The molecule has 1 saturated heterocycles. The highest BCUT2D eigenvalue weighted by Crippen LogP contribution is 2.36. The lowest BCUT2D eigenvalue weighted by Gasteiger charge is -2.44. The first-order valence-corrected chi connectivity index (χ1v) is 15.8. The van der Waals surface area contributed by atoms with Crippen molar-refractivity contribution in [2.45, 2.75) is 65.1 Å². The Morgan fingerprint density at radius 1 is 1.07 bits per heavy atom. The number of fused-ring (bicyclic) bond motifs is 5. The maximum absolute atomic E-state index is 16.4. The summed E-state index contributed by atoms with van der Waals surface area (Å²) in [5.41, 5.74) is 2.26. The lowest BCUT2D eigenvalue weighted by molar-refractivity contribution is -0.128. The highest BCUT2D eigenvalue weighted by molar-refractivity contribution is 5.91. The fourth-order valence-corrected chi connectivity index (χ4v) is 6.82. The third-order valence-electron chi connectivity index (χ3n) is 9.09. The number of hydrogen-bond donors (Lipinski definition) is 0. The first-order chi connectivity index (χ1) is 22.0. The monoisotopic (exact) mass is 627 g/mol. The molecule has 0 N–H and O–H groups in total. The third kappa shape index (κ3) is 5.46. The van der Waals surface area contributed by atoms with Crippen molar-refractivity contribution >= 4 is 22.8 Å². The zero-order valence-electron chi connectivity index (χ0n) is 26.9. The average Bonchev–Trinajstić information content (AvgIpc) is 3.02. The second-order valence-electron chi connectivity index (χ2n) is 12.8. The molecule has 4 aromatic rings. The molecular weight excluding hydrogens is 588 g/mol. The molecule has 240 valence electrons. The smallest absolute Gasteiger partial charge is 0.349 e. The Kier molecular flexibility index (Phi) is 8.45. The number of halogens is 2. The lowest BCUT2D eigenvalue weighted by atomic mass is 10.0. The number of carbonyl (C=O) groups excluding carboxylic acids is 1. The molecule has 0 unspecified atom stereocenters. The first kappa shape index (κ1) is 31.5. The van der Waals surface area contributed by atoms with Crippen LogP contribution in [0.5, 0.6) is 0 Å². The fraction of sp³-hybridized carbons (Fsp3) is 0.400. The van der Waals surface area contributed by atoms with Gasteiger partial charge in [0.15, 0.2) is 5.65 Å². The molecule has 2 aliphatic heterocycles. The largest absolute Gasteiger partial charge is 0.355 e. The summed E-state index contributed by atoms with van der Waals surface area (Å²) < 4.78 is 33.5. The maximum atomic E-state index is 16.4. The number of anilines is 1. The molecule has 1 amide bonds. The Hall–Kier alpha value is -4.51. The van der Waals surface area contributed by atoms with Gasteiger partial charge in [0, 0.05) is 43.5 Å². The van der Waals surface area contributed by atoms with E-state index >= 15 is 8.78 Å². The van der Waals surface area contributed by atoms with Crippen LogP contribution in [-0.4, -0.2) is 74.0 Å². The van der Waals surface area contributed by atoms with Crippen molar-refractivity contribution in [1.29, 1.82) is 0 Å². The van der Waals surface area contributed by atoms with Gasteiger partial charge in [-0.15, -0.1) is 0 Å². The van der Waals surface area contributed by atoms with Crippen molar-refractivity contribution in [3.8, 4) is 16.9 Å². The van der Waals surface area contributed by atoms with Gasteiger partial charge in [0.05, 0.1) is 16.8 Å². The summed E-state index contributed by atoms with van der Waals surface area (Å²) in [6, 6.07) is 7.45. The van der Waals surface area contributed by atoms with Gasteiger partial charge in [-0.25, -0.2) is 23.1 Å². The number of benzene rings is 1. The Balaban J connectivity index is 1.70. The number of hydrogen-bond acceptors (Lipinski definition) is 7. The van der Waals surface area contributed by atoms with Gasteiger partial charge in [-0.2, -0.15) is 4.98 Å². The summed E-state index contributed by atoms with van der Waals surface area (Å²) in [5.74, 6) is -1.28. The first-order valence-electron chi connectivity index (χ1n) is 15.8. The molecule has 0 radical (unpaired) electrons. The minimum Gasteiger partial charge on any atom is -0.349 e. The van der Waals surface area contributed by atoms with E-state index in [4.69, 9.17) is 4.98 Å². The normalized spacial score (nSPS) is 19.0. The van der Waals surface area contributed by atoms with E-state index in [9.17, 15) is 9.59 Å². The van der Waals surface area contributed by atoms with Gasteiger partial charge in [-0.05, 0) is 81.6 Å². The topological polar surface area (TPSA) is 87.5 Å². The van der Waals surface area contributed by atoms with E-state index in [0.29, 0.717) is 54.9 Å². The SMILES string of the molecule is C=CC(=O)N1C[C@H](C)N(c2nc(=O)n3c4nc(c(F)cc24)-c2c(F)cccc2CN(C)CCCc2ccnc(C(C)C)c2-3)C[C@H]1C. The molecule has 5 heterocycles. The van der Waals surface area contributed by atoms with Crippen molar-refractivity contribution < 1.29 is 13.6 Å². The molecule has 6 rings (SSSR count). The number of piperazine rings is 1. The van der Waals surface area contributed by atoms with Gasteiger partial charge < -0.3 is 14.7 Å². The van der Waals surface area contributed by atoms with Crippen LogP contribution >= 0.6 is 0 Å². The van der Waals surface area contributed by atoms with Crippen molar-refractivity contribution in [1.82, 2.24) is 29.3 Å².